The summed E-state index contributed by atoms with van der Waals surface area (Å²) in [7, 11) is 2.04. The summed E-state index contributed by atoms with van der Waals surface area (Å²) in [6.07, 6.45) is -2.46. The molecule has 1 aliphatic heterocycles. The smallest absolute Gasteiger partial charge is 0.367 e. The van der Waals surface area contributed by atoms with Crippen LogP contribution in [0.1, 0.15) is 57.2 Å². The van der Waals surface area contributed by atoms with Crippen molar-refractivity contribution >= 4 is 17.5 Å². The fraction of sp³-hybridized carbons (Fsp3) is 0.522. The molecule has 0 bridgehead atoms. The molecule has 1 aromatic carbocycles. The summed E-state index contributed by atoms with van der Waals surface area (Å²) in [6.45, 7) is 10.2. The van der Waals surface area contributed by atoms with Crippen LogP contribution in [0.5, 0.6) is 0 Å². The third-order valence-electron chi connectivity index (χ3n) is 6.36. The first-order valence-corrected chi connectivity index (χ1v) is 10.5. The van der Waals surface area contributed by atoms with E-state index in [2.05, 4.69) is 59.3 Å². The Bertz CT molecular complexity index is 1020. The molecule has 1 aromatic heterocycles. The van der Waals surface area contributed by atoms with E-state index < -0.39 is 11.7 Å². The van der Waals surface area contributed by atoms with Crippen molar-refractivity contribution in [3.8, 4) is 6.07 Å². The fourth-order valence-electron chi connectivity index (χ4n) is 4.38. The minimum Gasteiger partial charge on any atom is -0.367 e. The van der Waals surface area contributed by atoms with Crippen LogP contribution in [0.2, 0.25) is 0 Å². The van der Waals surface area contributed by atoms with Crippen molar-refractivity contribution in [2.75, 3.05) is 17.7 Å². The van der Waals surface area contributed by atoms with Crippen molar-refractivity contribution in [3.05, 3.63) is 41.1 Å². The van der Waals surface area contributed by atoms with Crippen LogP contribution >= 0.6 is 0 Å². The zero-order valence-electron chi connectivity index (χ0n) is 19.2. The van der Waals surface area contributed by atoms with Crippen LogP contribution in [0.15, 0.2) is 24.4 Å². The minimum atomic E-state index is -4.59. The molecule has 172 valence electrons. The van der Waals surface area contributed by atoms with Gasteiger partial charge in [-0.25, -0.2) is 4.98 Å². The molecular weight excluding hydrogens is 417 g/mol. The first-order chi connectivity index (χ1) is 14.7. The summed E-state index contributed by atoms with van der Waals surface area (Å²) in [5, 5.41) is 15.2. The molecule has 1 fully saturated rings. The van der Waals surface area contributed by atoms with Gasteiger partial charge in [-0.1, -0.05) is 6.07 Å². The molecule has 0 spiro atoms. The van der Waals surface area contributed by atoms with Crippen LogP contribution in [-0.2, 0) is 6.18 Å². The number of nitrogens with one attached hydrogen (secondary N) is 2. The van der Waals surface area contributed by atoms with Gasteiger partial charge in [0.05, 0.1) is 11.6 Å². The molecule has 2 aromatic rings. The summed E-state index contributed by atoms with van der Waals surface area (Å²) in [6, 6.07) is 7.00. The Morgan fingerprint density at radius 3 is 2.34 bits per heavy atom. The highest BCUT2D eigenvalue weighted by Crippen LogP contribution is 2.40. The van der Waals surface area contributed by atoms with Gasteiger partial charge in [0.1, 0.15) is 11.4 Å². The van der Waals surface area contributed by atoms with Gasteiger partial charge >= 0.3 is 6.18 Å². The summed E-state index contributed by atoms with van der Waals surface area (Å²) >= 11 is 0. The highest BCUT2D eigenvalue weighted by atomic mass is 19.4. The van der Waals surface area contributed by atoms with Crippen LogP contribution in [-0.4, -0.2) is 39.0 Å². The number of aromatic nitrogens is 2. The van der Waals surface area contributed by atoms with E-state index in [1.807, 2.05) is 14.0 Å². The van der Waals surface area contributed by atoms with Gasteiger partial charge < -0.3 is 10.6 Å². The standard InChI is InChI=1S/C23H29F3N6/c1-14-7-8-16(9-15(14)12-27)30-20-28-13-18(23(24,25)26)19(31-20)29-17-10-21(2,3)32(6)22(4,5)11-17/h7-9,13,17H,10-11H2,1-6H3,(H2,28,29,30,31). The van der Waals surface area contributed by atoms with Crippen molar-refractivity contribution in [2.24, 2.45) is 0 Å². The van der Waals surface area contributed by atoms with Crippen molar-refractivity contribution in [1.29, 1.82) is 5.26 Å². The fourth-order valence-corrected chi connectivity index (χ4v) is 4.38. The van der Waals surface area contributed by atoms with Crippen LogP contribution in [0, 0.1) is 18.3 Å². The Morgan fingerprint density at radius 1 is 1.16 bits per heavy atom. The third-order valence-corrected chi connectivity index (χ3v) is 6.36. The zero-order valence-corrected chi connectivity index (χ0v) is 19.2. The Balaban J connectivity index is 1.93. The first kappa shape index (κ1) is 23.8. The first-order valence-electron chi connectivity index (χ1n) is 10.5. The normalized spacial score (nSPS) is 18.8. The van der Waals surface area contributed by atoms with E-state index >= 15 is 0 Å². The SMILES string of the molecule is Cc1ccc(Nc2ncc(C(F)(F)F)c(NC3CC(C)(C)N(C)C(C)(C)C3)n2)cc1C#N. The van der Waals surface area contributed by atoms with Crippen molar-refractivity contribution in [1.82, 2.24) is 14.9 Å². The van der Waals surface area contributed by atoms with Gasteiger partial charge in [-0.2, -0.15) is 23.4 Å². The number of halogens is 3. The highest BCUT2D eigenvalue weighted by molar-refractivity contribution is 5.60. The Morgan fingerprint density at radius 2 is 1.78 bits per heavy atom. The van der Waals surface area contributed by atoms with E-state index in [0.717, 1.165) is 11.8 Å². The Kier molecular flexibility index (Phi) is 6.13. The monoisotopic (exact) mass is 446 g/mol. The Hall–Kier alpha value is -2.86. The molecule has 0 atom stereocenters. The number of aryl methyl sites for hydroxylation is 1. The third kappa shape index (κ3) is 4.96. The second-order valence-electron chi connectivity index (χ2n) is 9.65. The van der Waals surface area contributed by atoms with E-state index in [9.17, 15) is 18.4 Å². The van der Waals surface area contributed by atoms with E-state index in [-0.39, 0.29) is 28.9 Å². The molecule has 0 amide bonds. The zero-order chi connectivity index (χ0) is 23.9. The number of piperidine rings is 1. The molecule has 0 radical (unpaired) electrons. The molecule has 3 rings (SSSR count). The molecule has 1 saturated heterocycles. The summed E-state index contributed by atoms with van der Waals surface area (Å²) in [4.78, 5) is 10.3. The molecule has 2 heterocycles. The molecule has 1 aliphatic rings. The maximum Gasteiger partial charge on any atom is 0.421 e. The quantitative estimate of drug-likeness (QED) is 0.647. The number of benzene rings is 1. The van der Waals surface area contributed by atoms with Gasteiger partial charge in [0.2, 0.25) is 5.95 Å². The predicted molar refractivity (Wildman–Crippen MR) is 119 cm³/mol. The molecule has 32 heavy (non-hydrogen) atoms. The van der Waals surface area contributed by atoms with Crippen LogP contribution < -0.4 is 10.6 Å². The van der Waals surface area contributed by atoms with Gasteiger partial charge in [0.15, 0.2) is 0 Å². The van der Waals surface area contributed by atoms with E-state index in [1.54, 1.807) is 18.2 Å². The number of hydrogen-bond acceptors (Lipinski definition) is 6. The maximum absolute atomic E-state index is 13.7. The van der Waals surface area contributed by atoms with Gasteiger partial charge in [-0.3, -0.25) is 4.90 Å². The summed E-state index contributed by atoms with van der Waals surface area (Å²) in [5.41, 5.74) is 0.513. The average molecular weight is 447 g/mol. The number of nitrogens with zero attached hydrogens (tertiary/aromatic N) is 4. The topological polar surface area (TPSA) is 76.9 Å². The second kappa shape index (κ2) is 8.24. The van der Waals surface area contributed by atoms with Crippen molar-refractivity contribution < 1.29 is 13.2 Å². The molecule has 0 aliphatic carbocycles. The Labute approximate surface area is 186 Å². The van der Waals surface area contributed by atoms with E-state index in [1.165, 1.54) is 0 Å². The number of hydrogen-bond donors (Lipinski definition) is 2. The number of nitriles is 1. The van der Waals surface area contributed by atoms with Crippen molar-refractivity contribution in [2.45, 2.75) is 70.8 Å². The number of alkyl halides is 3. The highest BCUT2D eigenvalue weighted by Gasteiger charge is 2.44. The lowest BCUT2D eigenvalue weighted by atomic mass is 9.77. The summed E-state index contributed by atoms with van der Waals surface area (Å²) in [5.74, 6) is -0.219. The summed E-state index contributed by atoms with van der Waals surface area (Å²) < 4.78 is 41.1. The minimum absolute atomic E-state index is 0.0275. The van der Waals surface area contributed by atoms with Crippen LogP contribution in [0.25, 0.3) is 0 Å². The average Bonchev–Trinajstić information content (AvgIpc) is 2.66. The number of rotatable bonds is 4. The van der Waals surface area contributed by atoms with Gasteiger partial charge in [-0.05, 0) is 72.2 Å². The molecule has 6 nitrogen and oxygen atoms in total. The molecule has 9 heteroatoms. The largest absolute Gasteiger partial charge is 0.421 e. The van der Waals surface area contributed by atoms with Gasteiger partial charge in [0.25, 0.3) is 0 Å². The lowest BCUT2D eigenvalue weighted by Crippen LogP contribution is -2.61. The molecule has 0 unspecified atom stereocenters. The van der Waals surface area contributed by atoms with Crippen LogP contribution in [0.4, 0.5) is 30.6 Å². The lowest BCUT2D eigenvalue weighted by molar-refractivity contribution is -0.137. The number of likely N-dealkylation sites (tertiary alicyclic amines) is 1. The van der Waals surface area contributed by atoms with Crippen LogP contribution in [0.3, 0.4) is 0 Å². The van der Waals surface area contributed by atoms with E-state index in [0.29, 0.717) is 24.1 Å². The predicted octanol–water partition coefficient (Wildman–Crippen LogP) is 5.48. The molecule has 2 N–H and O–H groups in total. The van der Waals surface area contributed by atoms with Gasteiger partial charge in [-0.15, -0.1) is 0 Å². The second-order valence-corrected chi connectivity index (χ2v) is 9.65. The van der Waals surface area contributed by atoms with Crippen molar-refractivity contribution in [3.63, 3.8) is 0 Å². The van der Waals surface area contributed by atoms with Gasteiger partial charge in [0, 0.05) is 29.0 Å². The maximum atomic E-state index is 13.7. The number of anilines is 3. The van der Waals surface area contributed by atoms with E-state index in [4.69, 9.17) is 0 Å². The molecular formula is C23H29F3N6. The molecule has 0 saturated carbocycles. The lowest BCUT2D eigenvalue weighted by Gasteiger charge is -2.53.